The van der Waals surface area contributed by atoms with Gasteiger partial charge in [-0.2, -0.15) is 0 Å². The summed E-state index contributed by atoms with van der Waals surface area (Å²) in [5, 5.41) is 33.3. The Morgan fingerprint density at radius 3 is 2.47 bits per heavy atom. The van der Waals surface area contributed by atoms with Crippen molar-refractivity contribution >= 4 is 17.9 Å². The topological polar surface area (TPSA) is 177 Å². The summed E-state index contributed by atoms with van der Waals surface area (Å²) in [4.78, 5) is 38.7. The number of aliphatic hydroxyl groups excluding tert-OH is 2. The van der Waals surface area contributed by atoms with Crippen molar-refractivity contribution < 1.29 is 62.9 Å². The van der Waals surface area contributed by atoms with Crippen molar-refractivity contribution in [3.05, 3.63) is 36.5 Å². The fourth-order valence-corrected chi connectivity index (χ4v) is 6.55. The lowest BCUT2D eigenvalue weighted by Gasteiger charge is -2.51. The van der Waals surface area contributed by atoms with Crippen LogP contribution in [0, 0.1) is 5.41 Å². The maximum absolute atomic E-state index is 13.3. The fourth-order valence-electron chi connectivity index (χ4n) is 6.55. The number of fused-ring (bicyclic) bond motifs is 4. The Kier molecular flexibility index (Phi) is 17.7. The highest BCUT2D eigenvalue weighted by molar-refractivity contribution is 5.83. The first-order chi connectivity index (χ1) is 24.3. The van der Waals surface area contributed by atoms with Crippen molar-refractivity contribution in [1.29, 1.82) is 0 Å². The molecule has 0 spiro atoms. The SMILES string of the molecule is C=CC[C@H]1CC2CCOCC[C@@H](O)CC(=O)OC(CO)C[C@@H]3C/C(=C\C(=O)OC)[C@H](OC(=O)CCCCCCC)[C@@](O)(O3)C(C)(C)/C=C/[C@H](O2)O1. The van der Waals surface area contributed by atoms with Crippen LogP contribution in [0.15, 0.2) is 36.5 Å². The van der Waals surface area contributed by atoms with Gasteiger partial charge in [-0.25, -0.2) is 4.79 Å². The predicted octanol–water partition coefficient (Wildman–Crippen LogP) is 4.35. The second-order valence-corrected chi connectivity index (χ2v) is 14.2. The summed E-state index contributed by atoms with van der Waals surface area (Å²) >= 11 is 0. The Hall–Kier alpha value is -2.65. The Balaban J connectivity index is 2.04. The van der Waals surface area contributed by atoms with E-state index in [1.807, 2.05) is 0 Å². The highest BCUT2D eigenvalue weighted by Gasteiger charge is 2.57. The second kappa shape index (κ2) is 21.2. The van der Waals surface area contributed by atoms with Crippen LogP contribution in [-0.4, -0.2) is 109 Å². The first kappa shape index (κ1) is 42.8. The van der Waals surface area contributed by atoms with Gasteiger partial charge in [0.25, 0.3) is 0 Å². The van der Waals surface area contributed by atoms with Gasteiger partial charge in [-0.3, -0.25) is 9.59 Å². The van der Waals surface area contributed by atoms with E-state index in [0.29, 0.717) is 32.3 Å². The molecular weight excluding hydrogens is 664 g/mol. The summed E-state index contributed by atoms with van der Waals surface area (Å²) in [6.45, 7) is 9.35. The van der Waals surface area contributed by atoms with Gasteiger partial charge in [0.1, 0.15) is 6.10 Å². The molecule has 0 aromatic carbocycles. The number of hydrogen-bond donors (Lipinski definition) is 3. The number of rotatable bonds is 11. The van der Waals surface area contributed by atoms with Gasteiger partial charge < -0.3 is 48.5 Å². The molecular formula is C38H60O13. The molecule has 2 saturated heterocycles. The molecule has 3 aliphatic rings. The van der Waals surface area contributed by atoms with Gasteiger partial charge in [0.05, 0.1) is 44.6 Å². The van der Waals surface area contributed by atoms with Crippen LogP contribution in [-0.2, 0) is 47.5 Å². The quantitative estimate of drug-likeness (QED) is 0.0902. The van der Waals surface area contributed by atoms with E-state index in [-0.39, 0.29) is 56.5 Å². The number of carbonyl (C=O) groups excluding carboxylic acids is 3. The van der Waals surface area contributed by atoms with E-state index in [0.717, 1.165) is 25.7 Å². The lowest BCUT2D eigenvalue weighted by molar-refractivity contribution is -0.327. The van der Waals surface area contributed by atoms with Crippen molar-refractivity contribution in [3.8, 4) is 0 Å². The van der Waals surface area contributed by atoms with Crippen LogP contribution in [0.2, 0.25) is 0 Å². The normalized spacial score (nSPS) is 33.7. The van der Waals surface area contributed by atoms with Gasteiger partial charge in [-0.1, -0.05) is 58.6 Å². The van der Waals surface area contributed by atoms with Crippen LogP contribution in [0.5, 0.6) is 0 Å². The summed E-state index contributed by atoms with van der Waals surface area (Å²) in [5.41, 5.74) is -1.08. The van der Waals surface area contributed by atoms with Gasteiger partial charge in [-0.15, -0.1) is 6.58 Å². The summed E-state index contributed by atoms with van der Waals surface area (Å²) < 4.78 is 41.0. The fraction of sp³-hybridized carbons (Fsp3) is 0.763. The Morgan fingerprint density at radius 2 is 1.76 bits per heavy atom. The molecule has 8 atom stereocenters. The molecule has 4 bridgehead atoms. The number of hydrogen-bond acceptors (Lipinski definition) is 13. The molecule has 3 rings (SSSR count). The van der Waals surface area contributed by atoms with Crippen molar-refractivity contribution in [2.45, 2.75) is 153 Å². The molecule has 0 aliphatic carbocycles. The molecule has 3 heterocycles. The highest BCUT2D eigenvalue weighted by atomic mass is 16.7. The largest absolute Gasteiger partial charge is 0.466 e. The first-order valence-corrected chi connectivity index (χ1v) is 18.4. The van der Waals surface area contributed by atoms with Crippen LogP contribution in [0.4, 0.5) is 0 Å². The van der Waals surface area contributed by atoms with Gasteiger partial charge in [0.15, 0.2) is 12.4 Å². The van der Waals surface area contributed by atoms with E-state index in [1.54, 1.807) is 32.1 Å². The van der Waals surface area contributed by atoms with Crippen LogP contribution in [0.3, 0.4) is 0 Å². The van der Waals surface area contributed by atoms with E-state index in [9.17, 15) is 29.7 Å². The smallest absolute Gasteiger partial charge is 0.330 e. The first-order valence-electron chi connectivity index (χ1n) is 18.4. The monoisotopic (exact) mass is 724 g/mol. The number of carbonyl (C=O) groups is 3. The number of methoxy groups -OCH3 is 1. The van der Waals surface area contributed by atoms with Crippen molar-refractivity contribution in [2.75, 3.05) is 26.9 Å². The minimum Gasteiger partial charge on any atom is -0.466 e. The van der Waals surface area contributed by atoms with Crippen LogP contribution in [0.25, 0.3) is 0 Å². The van der Waals surface area contributed by atoms with Gasteiger partial charge in [0, 0.05) is 44.0 Å². The third-order valence-corrected chi connectivity index (χ3v) is 9.55. The third-order valence-electron chi connectivity index (χ3n) is 9.55. The molecule has 13 heteroatoms. The number of aliphatic hydroxyl groups is 3. The average molecular weight is 725 g/mol. The zero-order valence-electron chi connectivity index (χ0n) is 30.8. The van der Waals surface area contributed by atoms with Gasteiger partial charge in [0.2, 0.25) is 5.79 Å². The van der Waals surface area contributed by atoms with E-state index in [4.69, 9.17) is 33.2 Å². The molecule has 3 aliphatic heterocycles. The van der Waals surface area contributed by atoms with E-state index < -0.39 is 66.4 Å². The maximum atomic E-state index is 13.3. The average Bonchev–Trinajstić information content (AvgIpc) is 3.08. The van der Waals surface area contributed by atoms with E-state index in [2.05, 4.69) is 13.5 Å². The predicted molar refractivity (Wildman–Crippen MR) is 186 cm³/mol. The minimum absolute atomic E-state index is 0.0145. The highest BCUT2D eigenvalue weighted by Crippen LogP contribution is 2.47. The molecule has 2 unspecified atom stereocenters. The molecule has 290 valence electrons. The molecule has 2 fully saturated rings. The van der Waals surface area contributed by atoms with Gasteiger partial charge in [-0.05, 0) is 43.8 Å². The summed E-state index contributed by atoms with van der Waals surface area (Å²) in [7, 11) is 1.21. The van der Waals surface area contributed by atoms with Crippen molar-refractivity contribution in [2.24, 2.45) is 5.41 Å². The number of cyclic esters (lactones) is 1. The zero-order chi connectivity index (χ0) is 37.4. The van der Waals surface area contributed by atoms with Crippen LogP contribution < -0.4 is 0 Å². The van der Waals surface area contributed by atoms with Crippen LogP contribution >= 0.6 is 0 Å². The Labute approximate surface area is 302 Å². The lowest BCUT2D eigenvalue weighted by atomic mass is 9.74. The minimum atomic E-state index is -2.27. The molecule has 51 heavy (non-hydrogen) atoms. The summed E-state index contributed by atoms with van der Waals surface area (Å²) in [6, 6.07) is 0. The number of esters is 3. The van der Waals surface area contributed by atoms with Gasteiger partial charge >= 0.3 is 17.9 Å². The molecule has 0 saturated carbocycles. The van der Waals surface area contributed by atoms with E-state index in [1.165, 1.54) is 13.2 Å². The number of ether oxygens (including phenoxy) is 7. The lowest BCUT2D eigenvalue weighted by Crippen LogP contribution is -2.62. The standard InChI is InChI=1S/C38H60O13/c1-6-8-9-10-11-13-32(41)50-36-26(21-33(42)45-5)20-30-24-31(25-39)47-34(43)22-27(40)15-18-46-19-16-29-23-28(12-7-2)48-35(49-29)14-17-37(3,4)38(36,44)51-30/h7,14,17,21,27-31,35-36,39-40,44H,2,6,8-13,15-16,18-20,22-25H2,1,3-5H3/b17-14+,26-21+/t27-,28+,29?,30+,31?,35+,36+,38-/m1/s1. The molecule has 0 aromatic rings. The molecule has 0 radical (unpaired) electrons. The Bertz CT molecular complexity index is 1180. The molecule has 0 amide bonds. The molecule has 13 nitrogen and oxygen atoms in total. The molecule has 0 aromatic heterocycles. The number of unbranched alkanes of at least 4 members (excludes halogenated alkanes) is 4. The van der Waals surface area contributed by atoms with E-state index >= 15 is 0 Å². The second-order valence-electron chi connectivity index (χ2n) is 14.2. The summed E-state index contributed by atoms with van der Waals surface area (Å²) in [6.07, 6.45) is 6.85. The Morgan fingerprint density at radius 1 is 1.04 bits per heavy atom. The summed E-state index contributed by atoms with van der Waals surface area (Å²) in [5.74, 6) is -4.29. The third kappa shape index (κ3) is 13.4. The zero-order valence-corrected chi connectivity index (χ0v) is 30.8. The van der Waals surface area contributed by atoms with Crippen molar-refractivity contribution in [1.82, 2.24) is 0 Å². The molecule has 3 N–H and O–H groups in total. The maximum Gasteiger partial charge on any atom is 0.330 e. The van der Waals surface area contributed by atoms with Crippen LogP contribution in [0.1, 0.15) is 104 Å². The van der Waals surface area contributed by atoms with Crippen molar-refractivity contribution in [3.63, 3.8) is 0 Å².